The number of alkyl halides is 2. The molecule has 2 rings (SSSR count). The van der Waals surface area contributed by atoms with Crippen LogP contribution in [0.15, 0.2) is 60.7 Å². The van der Waals surface area contributed by atoms with E-state index in [-0.39, 0.29) is 5.88 Å². The quantitative estimate of drug-likeness (QED) is 0.746. The number of rotatable bonds is 4. The Hall–Kier alpha value is -1.18. The third kappa shape index (κ3) is 2.93. The molecule has 88 valence electrons. The Balaban J connectivity index is 2.27. The molecule has 1 nitrogen and oxygen atoms in total. The average Bonchev–Trinajstić information content (AvgIpc) is 2.41. The monoisotopic (exact) mass is 266 g/mol. The number of para-hydroxylation sites is 1. The standard InChI is InChI=1S/C14H12Cl2O/c15-11-14(16,12-7-3-1-4-8-12)17-13-9-5-2-6-10-13/h1-10H,11H2. The molecule has 0 saturated heterocycles. The third-order valence-electron chi connectivity index (χ3n) is 2.40. The van der Waals surface area contributed by atoms with E-state index in [1.54, 1.807) is 0 Å². The van der Waals surface area contributed by atoms with E-state index in [2.05, 4.69) is 0 Å². The van der Waals surface area contributed by atoms with Crippen molar-refractivity contribution in [2.24, 2.45) is 0 Å². The number of benzene rings is 2. The van der Waals surface area contributed by atoms with E-state index in [1.807, 2.05) is 60.7 Å². The van der Waals surface area contributed by atoms with Gasteiger partial charge in [-0.05, 0) is 12.1 Å². The van der Waals surface area contributed by atoms with Crippen LogP contribution >= 0.6 is 23.2 Å². The molecule has 1 unspecified atom stereocenters. The molecule has 0 aliphatic carbocycles. The summed E-state index contributed by atoms with van der Waals surface area (Å²) in [4.78, 5) is 0. The van der Waals surface area contributed by atoms with Crippen molar-refractivity contribution in [1.82, 2.24) is 0 Å². The summed E-state index contributed by atoms with van der Waals surface area (Å²) in [5.41, 5.74) is 0.848. The van der Waals surface area contributed by atoms with E-state index in [0.29, 0.717) is 5.75 Å². The SMILES string of the molecule is ClCC(Cl)(Oc1ccccc1)c1ccccc1. The molecule has 0 spiro atoms. The molecule has 2 aromatic rings. The number of halogens is 2. The minimum atomic E-state index is -1.02. The molecule has 0 aliphatic heterocycles. The van der Waals surface area contributed by atoms with Crippen molar-refractivity contribution in [3.05, 3.63) is 66.2 Å². The minimum absolute atomic E-state index is 0.174. The van der Waals surface area contributed by atoms with Gasteiger partial charge in [0.1, 0.15) is 5.75 Å². The van der Waals surface area contributed by atoms with E-state index in [4.69, 9.17) is 27.9 Å². The van der Waals surface area contributed by atoms with Crippen molar-refractivity contribution in [1.29, 1.82) is 0 Å². The van der Waals surface area contributed by atoms with Crippen molar-refractivity contribution in [2.45, 2.75) is 5.06 Å². The van der Waals surface area contributed by atoms with Crippen molar-refractivity contribution < 1.29 is 4.74 Å². The van der Waals surface area contributed by atoms with Gasteiger partial charge in [-0.15, -0.1) is 11.6 Å². The van der Waals surface area contributed by atoms with Gasteiger partial charge in [0.2, 0.25) is 5.06 Å². The van der Waals surface area contributed by atoms with Gasteiger partial charge in [-0.3, -0.25) is 0 Å². The van der Waals surface area contributed by atoms with E-state index < -0.39 is 5.06 Å². The second-order valence-electron chi connectivity index (χ2n) is 3.64. The largest absolute Gasteiger partial charge is 0.466 e. The zero-order chi connectivity index (χ0) is 12.1. The van der Waals surface area contributed by atoms with E-state index in [9.17, 15) is 0 Å². The average molecular weight is 267 g/mol. The van der Waals surface area contributed by atoms with Crippen LogP contribution in [0.5, 0.6) is 5.75 Å². The van der Waals surface area contributed by atoms with Crippen LogP contribution in [-0.4, -0.2) is 5.88 Å². The van der Waals surface area contributed by atoms with Gasteiger partial charge in [0.15, 0.2) is 0 Å². The van der Waals surface area contributed by atoms with Gasteiger partial charge in [0.05, 0.1) is 5.88 Å². The molecule has 0 heterocycles. The normalized spacial score (nSPS) is 14.0. The lowest BCUT2D eigenvalue weighted by Gasteiger charge is -2.26. The van der Waals surface area contributed by atoms with E-state index in [1.165, 1.54) is 0 Å². The van der Waals surface area contributed by atoms with Crippen LogP contribution in [0.25, 0.3) is 0 Å². The van der Waals surface area contributed by atoms with Crippen LogP contribution in [-0.2, 0) is 5.06 Å². The molecule has 0 bridgehead atoms. The summed E-state index contributed by atoms with van der Waals surface area (Å²) in [6.45, 7) is 0. The highest BCUT2D eigenvalue weighted by molar-refractivity contribution is 6.30. The lowest BCUT2D eigenvalue weighted by Crippen LogP contribution is -2.28. The van der Waals surface area contributed by atoms with Crippen LogP contribution < -0.4 is 4.74 Å². The highest BCUT2D eigenvalue weighted by Crippen LogP contribution is 2.33. The molecule has 0 aliphatic rings. The lowest BCUT2D eigenvalue weighted by atomic mass is 10.1. The van der Waals surface area contributed by atoms with E-state index in [0.717, 1.165) is 5.56 Å². The fourth-order valence-electron chi connectivity index (χ4n) is 1.53. The predicted molar refractivity (Wildman–Crippen MR) is 71.8 cm³/mol. The van der Waals surface area contributed by atoms with Crippen LogP contribution in [0.4, 0.5) is 0 Å². The maximum atomic E-state index is 6.43. The summed E-state index contributed by atoms with van der Waals surface area (Å²) in [6.07, 6.45) is 0. The summed E-state index contributed by atoms with van der Waals surface area (Å²) < 4.78 is 5.77. The molecule has 0 fully saturated rings. The highest BCUT2D eigenvalue weighted by atomic mass is 35.5. The van der Waals surface area contributed by atoms with Gasteiger partial charge < -0.3 is 4.74 Å². The number of ether oxygens (including phenoxy) is 1. The van der Waals surface area contributed by atoms with Gasteiger partial charge in [-0.1, -0.05) is 60.1 Å². The Morgan fingerprint density at radius 2 is 1.41 bits per heavy atom. The van der Waals surface area contributed by atoms with Gasteiger partial charge in [0, 0.05) is 5.56 Å². The zero-order valence-electron chi connectivity index (χ0n) is 9.14. The predicted octanol–water partition coefficient (Wildman–Crippen LogP) is 4.40. The van der Waals surface area contributed by atoms with Crippen LogP contribution in [0.3, 0.4) is 0 Å². The molecule has 0 aromatic heterocycles. The van der Waals surface area contributed by atoms with Gasteiger partial charge in [0.25, 0.3) is 0 Å². The summed E-state index contributed by atoms with van der Waals surface area (Å²) in [6, 6.07) is 19.0. The number of hydrogen-bond donors (Lipinski definition) is 0. The first-order chi connectivity index (χ1) is 8.24. The maximum absolute atomic E-state index is 6.43. The summed E-state index contributed by atoms with van der Waals surface area (Å²) in [7, 11) is 0. The number of hydrogen-bond acceptors (Lipinski definition) is 1. The highest BCUT2D eigenvalue weighted by Gasteiger charge is 2.30. The molecule has 0 radical (unpaired) electrons. The Bertz CT molecular complexity index is 458. The molecule has 0 N–H and O–H groups in total. The zero-order valence-corrected chi connectivity index (χ0v) is 10.7. The fraction of sp³-hybridized carbons (Fsp3) is 0.143. The summed E-state index contributed by atoms with van der Waals surface area (Å²) in [5, 5.41) is -1.02. The summed E-state index contributed by atoms with van der Waals surface area (Å²) >= 11 is 12.4. The topological polar surface area (TPSA) is 9.23 Å². The van der Waals surface area contributed by atoms with Gasteiger partial charge >= 0.3 is 0 Å². The van der Waals surface area contributed by atoms with Crippen LogP contribution in [0.2, 0.25) is 0 Å². The Morgan fingerprint density at radius 1 is 0.882 bits per heavy atom. The maximum Gasteiger partial charge on any atom is 0.221 e. The molecular weight excluding hydrogens is 255 g/mol. The first-order valence-corrected chi connectivity index (χ1v) is 6.20. The smallest absolute Gasteiger partial charge is 0.221 e. The molecule has 0 saturated carbocycles. The van der Waals surface area contributed by atoms with Crippen molar-refractivity contribution >= 4 is 23.2 Å². The van der Waals surface area contributed by atoms with Gasteiger partial charge in [-0.2, -0.15) is 0 Å². The molecule has 1 atom stereocenters. The first kappa shape index (κ1) is 12.3. The first-order valence-electron chi connectivity index (χ1n) is 5.29. The molecule has 17 heavy (non-hydrogen) atoms. The minimum Gasteiger partial charge on any atom is -0.466 e. The van der Waals surface area contributed by atoms with Crippen molar-refractivity contribution in [2.75, 3.05) is 5.88 Å². The molecule has 2 aromatic carbocycles. The molecule has 0 amide bonds. The summed E-state index contributed by atoms with van der Waals surface area (Å²) in [5.74, 6) is 0.875. The lowest BCUT2D eigenvalue weighted by molar-refractivity contribution is 0.183. The Morgan fingerprint density at radius 3 is 1.94 bits per heavy atom. The molecule has 3 heteroatoms. The van der Waals surface area contributed by atoms with Crippen LogP contribution in [0.1, 0.15) is 5.56 Å². The van der Waals surface area contributed by atoms with Crippen LogP contribution in [0, 0.1) is 0 Å². The van der Waals surface area contributed by atoms with Crippen molar-refractivity contribution in [3.8, 4) is 5.75 Å². The Kier molecular flexibility index (Phi) is 3.93. The van der Waals surface area contributed by atoms with Crippen molar-refractivity contribution in [3.63, 3.8) is 0 Å². The fourth-order valence-corrected chi connectivity index (χ4v) is 1.95. The Labute approximate surface area is 111 Å². The second kappa shape index (κ2) is 5.44. The van der Waals surface area contributed by atoms with Gasteiger partial charge in [-0.25, -0.2) is 0 Å². The molecular formula is C14H12Cl2O. The van der Waals surface area contributed by atoms with E-state index >= 15 is 0 Å². The second-order valence-corrected chi connectivity index (χ2v) is 4.52. The third-order valence-corrected chi connectivity index (χ3v) is 3.34.